The Kier molecular flexibility index (Phi) is 3.40. The first kappa shape index (κ1) is 14.2. The molecule has 0 aliphatic heterocycles. The van der Waals surface area contributed by atoms with Gasteiger partial charge < -0.3 is 4.74 Å². The Morgan fingerprint density at radius 2 is 1.73 bits per heavy atom. The molecule has 0 atom stereocenters. The van der Waals surface area contributed by atoms with E-state index in [4.69, 9.17) is 4.74 Å². The Bertz CT molecular complexity index is 816. The number of rotatable bonds is 2. The van der Waals surface area contributed by atoms with E-state index in [-0.39, 0.29) is 11.5 Å². The van der Waals surface area contributed by atoms with Gasteiger partial charge in [0.15, 0.2) is 0 Å². The second kappa shape index (κ2) is 5.25. The molecule has 3 rings (SSSR count). The highest BCUT2D eigenvalue weighted by atomic mass is 19.4. The van der Waals surface area contributed by atoms with Gasteiger partial charge in [-0.05, 0) is 36.8 Å². The summed E-state index contributed by atoms with van der Waals surface area (Å²) in [6, 6.07) is 7.06. The molecule has 22 heavy (non-hydrogen) atoms. The van der Waals surface area contributed by atoms with Gasteiger partial charge in [0.2, 0.25) is 0 Å². The predicted octanol–water partition coefficient (Wildman–Crippen LogP) is 4.14. The van der Waals surface area contributed by atoms with Gasteiger partial charge in [-0.1, -0.05) is 6.07 Å². The zero-order chi connectivity index (χ0) is 15.7. The highest BCUT2D eigenvalue weighted by molar-refractivity contribution is 5.85. The number of benzene rings is 1. The number of fused-ring (bicyclic) bond motifs is 1. The van der Waals surface area contributed by atoms with E-state index in [0.29, 0.717) is 11.1 Å². The quantitative estimate of drug-likeness (QED) is 0.714. The van der Waals surface area contributed by atoms with Crippen LogP contribution in [0.1, 0.15) is 11.3 Å². The van der Waals surface area contributed by atoms with Crippen molar-refractivity contribution in [1.29, 1.82) is 0 Å². The Labute approximate surface area is 123 Å². The number of aryl methyl sites for hydroxylation is 1. The van der Waals surface area contributed by atoms with E-state index in [1.165, 1.54) is 12.1 Å². The first-order chi connectivity index (χ1) is 10.4. The van der Waals surface area contributed by atoms with Crippen LogP contribution in [0.25, 0.3) is 10.9 Å². The van der Waals surface area contributed by atoms with E-state index in [9.17, 15) is 13.2 Å². The van der Waals surface area contributed by atoms with Crippen molar-refractivity contribution in [2.45, 2.75) is 13.1 Å². The molecule has 0 amide bonds. The van der Waals surface area contributed by atoms with Gasteiger partial charge in [0.25, 0.3) is 0 Å². The molecule has 1 aromatic carbocycles. The number of nitrogens with zero attached hydrogens (tertiary/aromatic N) is 3. The summed E-state index contributed by atoms with van der Waals surface area (Å²) in [6.07, 6.45) is -1.30. The first-order valence-electron chi connectivity index (χ1n) is 6.37. The van der Waals surface area contributed by atoms with Crippen LogP contribution in [-0.2, 0) is 6.18 Å². The minimum absolute atomic E-state index is 0.123. The van der Waals surface area contributed by atoms with Gasteiger partial charge in [0.05, 0.1) is 5.52 Å². The molecule has 0 fully saturated rings. The van der Waals surface area contributed by atoms with Crippen molar-refractivity contribution in [1.82, 2.24) is 15.0 Å². The molecule has 0 N–H and O–H groups in total. The fraction of sp³-hybridized carbons (Fsp3) is 0.133. The third-order valence-corrected chi connectivity index (χ3v) is 2.94. The van der Waals surface area contributed by atoms with Crippen LogP contribution in [-0.4, -0.2) is 15.0 Å². The lowest BCUT2D eigenvalue weighted by Gasteiger charge is -2.09. The monoisotopic (exact) mass is 305 g/mol. The van der Waals surface area contributed by atoms with E-state index >= 15 is 0 Å². The minimum atomic E-state index is -4.48. The average Bonchev–Trinajstić information content (AvgIpc) is 2.48. The minimum Gasteiger partial charge on any atom is -0.424 e. The Morgan fingerprint density at radius 3 is 2.41 bits per heavy atom. The predicted molar refractivity (Wildman–Crippen MR) is 73.6 cm³/mol. The lowest BCUT2D eigenvalue weighted by atomic mass is 10.2. The second-order valence-electron chi connectivity index (χ2n) is 4.66. The normalized spacial score (nSPS) is 11.6. The number of pyridine rings is 1. The summed E-state index contributed by atoms with van der Waals surface area (Å²) in [5, 5.41) is 0.458. The number of ether oxygens (including phenoxy) is 1. The number of hydrogen-bond donors (Lipinski definition) is 0. The second-order valence-corrected chi connectivity index (χ2v) is 4.66. The number of alkyl halides is 3. The van der Waals surface area contributed by atoms with Gasteiger partial charge >= 0.3 is 12.2 Å². The molecule has 2 aromatic heterocycles. The van der Waals surface area contributed by atoms with Crippen molar-refractivity contribution < 1.29 is 17.9 Å². The van der Waals surface area contributed by atoms with E-state index in [1.807, 2.05) is 6.92 Å². The molecule has 112 valence electrons. The van der Waals surface area contributed by atoms with Gasteiger partial charge in [-0.2, -0.15) is 13.2 Å². The average molecular weight is 305 g/mol. The smallest absolute Gasteiger partial charge is 0.424 e. The standard InChI is InChI=1S/C15H10F3N3O/c1-9-7-19-14(20-8-9)22-12-4-2-3-11-10(12)5-6-13(21-11)15(16,17)18/h2-8H,1H3. The summed E-state index contributed by atoms with van der Waals surface area (Å²) in [5.41, 5.74) is 0.130. The van der Waals surface area contributed by atoms with Gasteiger partial charge in [0, 0.05) is 17.8 Å². The van der Waals surface area contributed by atoms with Crippen molar-refractivity contribution in [3.63, 3.8) is 0 Å². The maximum Gasteiger partial charge on any atom is 0.433 e. The van der Waals surface area contributed by atoms with Crippen LogP contribution < -0.4 is 4.74 Å². The van der Waals surface area contributed by atoms with Crippen LogP contribution >= 0.6 is 0 Å². The number of halogens is 3. The van der Waals surface area contributed by atoms with Crippen LogP contribution in [0.3, 0.4) is 0 Å². The third-order valence-electron chi connectivity index (χ3n) is 2.94. The molecule has 7 heteroatoms. The van der Waals surface area contributed by atoms with Crippen LogP contribution in [0, 0.1) is 6.92 Å². The van der Waals surface area contributed by atoms with Crippen molar-refractivity contribution in [2.75, 3.05) is 0 Å². The molecule has 3 aromatic rings. The fourth-order valence-corrected chi connectivity index (χ4v) is 1.91. The lowest BCUT2D eigenvalue weighted by Crippen LogP contribution is -2.07. The van der Waals surface area contributed by atoms with Gasteiger partial charge in [-0.25, -0.2) is 15.0 Å². The SMILES string of the molecule is Cc1cnc(Oc2cccc3nc(C(F)(F)F)ccc23)nc1. The van der Waals surface area contributed by atoms with Crippen LogP contribution in [0.15, 0.2) is 42.7 Å². The number of hydrogen-bond acceptors (Lipinski definition) is 4. The molecule has 0 spiro atoms. The van der Waals surface area contributed by atoms with Crippen molar-refractivity contribution in [2.24, 2.45) is 0 Å². The molecule has 0 unspecified atom stereocenters. The summed E-state index contributed by atoms with van der Waals surface area (Å²) in [5.74, 6) is 0.350. The molecule has 4 nitrogen and oxygen atoms in total. The van der Waals surface area contributed by atoms with E-state index in [1.54, 1.807) is 24.5 Å². The molecular formula is C15H10F3N3O. The van der Waals surface area contributed by atoms with Crippen LogP contribution in [0.2, 0.25) is 0 Å². The highest BCUT2D eigenvalue weighted by Gasteiger charge is 2.32. The van der Waals surface area contributed by atoms with Gasteiger partial charge in [0.1, 0.15) is 11.4 Å². The van der Waals surface area contributed by atoms with E-state index < -0.39 is 11.9 Å². The molecular weight excluding hydrogens is 295 g/mol. The molecule has 0 aliphatic carbocycles. The maximum atomic E-state index is 12.7. The highest BCUT2D eigenvalue weighted by Crippen LogP contribution is 2.32. The maximum absolute atomic E-state index is 12.7. The molecule has 0 aliphatic rings. The molecule has 0 bridgehead atoms. The summed E-state index contributed by atoms with van der Waals surface area (Å²) >= 11 is 0. The zero-order valence-corrected chi connectivity index (χ0v) is 11.4. The topological polar surface area (TPSA) is 47.9 Å². The molecule has 0 saturated carbocycles. The van der Waals surface area contributed by atoms with Crippen LogP contribution in [0.4, 0.5) is 13.2 Å². The van der Waals surface area contributed by atoms with E-state index in [2.05, 4.69) is 15.0 Å². The van der Waals surface area contributed by atoms with Crippen molar-refractivity contribution in [3.05, 3.63) is 54.0 Å². The summed E-state index contributed by atoms with van der Waals surface area (Å²) < 4.78 is 43.6. The first-order valence-corrected chi connectivity index (χ1v) is 6.37. The zero-order valence-electron chi connectivity index (χ0n) is 11.4. The largest absolute Gasteiger partial charge is 0.433 e. The molecule has 2 heterocycles. The summed E-state index contributed by atoms with van der Waals surface area (Å²) in [4.78, 5) is 11.6. The van der Waals surface area contributed by atoms with E-state index in [0.717, 1.165) is 11.6 Å². The molecule has 0 saturated heterocycles. The van der Waals surface area contributed by atoms with Crippen molar-refractivity contribution >= 4 is 10.9 Å². The Hall–Kier alpha value is -2.70. The van der Waals surface area contributed by atoms with Crippen molar-refractivity contribution in [3.8, 4) is 11.8 Å². The Morgan fingerprint density at radius 1 is 1.00 bits per heavy atom. The van der Waals surface area contributed by atoms with Gasteiger partial charge in [-0.3, -0.25) is 0 Å². The van der Waals surface area contributed by atoms with Crippen LogP contribution in [0.5, 0.6) is 11.8 Å². The van der Waals surface area contributed by atoms with Gasteiger partial charge in [-0.15, -0.1) is 0 Å². The summed E-state index contributed by atoms with van der Waals surface area (Å²) in [6.45, 7) is 1.84. The molecule has 0 radical (unpaired) electrons. The fourth-order valence-electron chi connectivity index (χ4n) is 1.91. The Balaban J connectivity index is 2.02. The third kappa shape index (κ3) is 2.83. The summed E-state index contributed by atoms with van der Waals surface area (Å²) in [7, 11) is 0. The lowest BCUT2D eigenvalue weighted by molar-refractivity contribution is -0.140. The number of aromatic nitrogens is 3.